The van der Waals surface area contributed by atoms with Crippen molar-refractivity contribution in [1.82, 2.24) is 4.72 Å². The molecule has 0 saturated carbocycles. The van der Waals surface area contributed by atoms with Crippen LogP contribution in [0.1, 0.15) is 19.4 Å². The number of ether oxygens (including phenoxy) is 1. The first-order chi connectivity index (χ1) is 8.72. The Bertz CT molecular complexity index is 565. The van der Waals surface area contributed by atoms with Gasteiger partial charge in [0.05, 0.1) is 10.9 Å². The van der Waals surface area contributed by atoms with Gasteiger partial charge in [0.2, 0.25) is 10.0 Å². The van der Waals surface area contributed by atoms with Gasteiger partial charge in [0.1, 0.15) is 12.4 Å². The molecule has 0 aliphatic rings. The van der Waals surface area contributed by atoms with Gasteiger partial charge in [-0.15, -0.1) is 0 Å². The first-order valence-corrected chi connectivity index (χ1v) is 7.16. The molecule has 0 aromatic heterocycles. The van der Waals surface area contributed by atoms with E-state index in [-0.39, 0.29) is 10.9 Å². The largest absolute Gasteiger partial charge is 0.546 e. The lowest BCUT2D eigenvalue weighted by Crippen LogP contribution is -2.30. The summed E-state index contributed by atoms with van der Waals surface area (Å²) in [6.45, 7) is 4.51. The molecule has 0 atom stereocenters. The number of aryl methyl sites for hydroxylation is 1. The number of hydrogen-bond acceptors (Lipinski definition) is 5. The Balaban J connectivity index is 2.96. The Hall–Kier alpha value is -1.60. The molecule has 0 aliphatic heterocycles. The molecule has 0 amide bonds. The first-order valence-electron chi connectivity index (χ1n) is 5.68. The van der Waals surface area contributed by atoms with E-state index in [9.17, 15) is 18.3 Å². The van der Waals surface area contributed by atoms with Crippen molar-refractivity contribution in [3.05, 3.63) is 23.8 Å². The lowest BCUT2D eigenvalue weighted by atomic mass is 10.2. The molecule has 0 bridgehead atoms. The number of sulfonamides is 1. The molecular weight excluding hydrogens is 270 g/mol. The van der Waals surface area contributed by atoms with Crippen LogP contribution in [0.15, 0.2) is 23.1 Å². The van der Waals surface area contributed by atoms with Crippen molar-refractivity contribution in [1.29, 1.82) is 0 Å². The van der Waals surface area contributed by atoms with Gasteiger partial charge in [0, 0.05) is 6.04 Å². The van der Waals surface area contributed by atoms with Crippen LogP contribution in [0.3, 0.4) is 0 Å². The summed E-state index contributed by atoms with van der Waals surface area (Å²) in [5.41, 5.74) is 0.535. The smallest absolute Gasteiger partial charge is 0.240 e. The van der Waals surface area contributed by atoms with Crippen molar-refractivity contribution >= 4 is 16.0 Å². The predicted molar refractivity (Wildman–Crippen MR) is 67.1 cm³/mol. The number of carboxylic acids is 1. The number of nitrogens with one attached hydrogen (secondary N) is 1. The monoisotopic (exact) mass is 286 g/mol. The van der Waals surface area contributed by atoms with Crippen LogP contribution < -0.4 is 14.6 Å². The van der Waals surface area contributed by atoms with Crippen molar-refractivity contribution in [2.75, 3.05) is 6.61 Å². The molecule has 0 spiro atoms. The van der Waals surface area contributed by atoms with Gasteiger partial charge < -0.3 is 14.6 Å². The van der Waals surface area contributed by atoms with Crippen LogP contribution in [0.4, 0.5) is 0 Å². The highest BCUT2D eigenvalue weighted by Gasteiger charge is 2.16. The van der Waals surface area contributed by atoms with Crippen molar-refractivity contribution in [3.8, 4) is 5.75 Å². The summed E-state index contributed by atoms with van der Waals surface area (Å²) in [5, 5.41) is 10.3. The molecule has 7 heteroatoms. The van der Waals surface area contributed by atoms with Gasteiger partial charge in [-0.3, -0.25) is 0 Å². The highest BCUT2D eigenvalue weighted by molar-refractivity contribution is 7.89. The summed E-state index contributed by atoms with van der Waals surface area (Å²) in [5.74, 6) is -1.02. The van der Waals surface area contributed by atoms with E-state index in [1.165, 1.54) is 18.2 Å². The highest BCUT2D eigenvalue weighted by Crippen LogP contribution is 2.21. The van der Waals surface area contributed by atoms with E-state index < -0.39 is 22.6 Å². The minimum Gasteiger partial charge on any atom is -0.546 e. The average molecular weight is 286 g/mol. The van der Waals surface area contributed by atoms with E-state index in [4.69, 9.17) is 4.74 Å². The molecule has 0 radical (unpaired) electrons. The molecule has 1 aromatic rings. The second-order valence-electron chi connectivity index (χ2n) is 4.36. The molecular formula is C12H16NO5S-. The fraction of sp³-hybridized carbons (Fsp3) is 0.417. The average Bonchev–Trinajstić information content (AvgIpc) is 2.25. The van der Waals surface area contributed by atoms with Crippen molar-refractivity contribution < 1.29 is 23.1 Å². The summed E-state index contributed by atoms with van der Waals surface area (Å²) < 4.78 is 31.3. The molecule has 0 heterocycles. The van der Waals surface area contributed by atoms with Gasteiger partial charge in [0.15, 0.2) is 0 Å². The number of aliphatic carboxylic acids is 1. The van der Waals surface area contributed by atoms with Gasteiger partial charge in [-0.25, -0.2) is 13.1 Å². The van der Waals surface area contributed by atoms with Gasteiger partial charge in [-0.2, -0.15) is 0 Å². The third-order valence-electron chi connectivity index (χ3n) is 2.19. The fourth-order valence-corrected chi connectivity index (χ4v) is 2.80. The van der Waals surface area contributed by atoms with Crippen LogP contribution >= 0.6 is 0 Å². The normalized spacial score (nSPS) is 11.6. The Kier molecular flexibility index (Phi) is 4.90. The zero-order valence-corrected chi connectivity index (χ0v) is 11.8. The molecule has 1 rings (SSSR count). The molecule has 0 fully saturated rings. The van der Waals surface area contributed by atoms with E-state index in [0.29, 0.717) is 11.3 Å². The van der Waals surface area contributed by atoms with Gasteiger partial charge in [0.25, 0.3) is 0 Å². The zero-order chi connectivity index (χ0) is 14.6. The third-order valence-corrected chi connectivity index (χ3v) is 3.85. The second kappa shape index (κ2) is 6.03. The molecule has 1 N–H and O–H groups in total. The van der Waals surface area contributed by atoms with Crippen LogP contribution in [0.5, 0.6) is 5.75 Å². The molecule has 19 heavy (non-hydrogen) atoms. The second-order valence-corrected chi connectivity index (χ2v) is 6.08. The van der Waals surface area contributed by atoms with Crippen molar-refractivity contribution in [2.45, 2.75) is 31.7 Å². The van der Waals surface area contributed by atoms with Gasteiger partial charge >= 0.3 is 0 Å². The Morgan fingerprint density at radius 3 is 2.53 bits per heavy atom. The SMILES string of the molecule is Cc1cc(S(=O)(=O)NC(C)C)ccc1OCC(=O)[O-]. The van der Waals surface area contributed by atoms with E-state index in [1.807, 2.05) is 0 Å². The summed E-state index contributed by atoms with van der Waals surface area (Å²) in [6.07, 6.45) is 0. The van der Waals surface area contributed by atoms with Crippen molar-refractivity contribution in [3.63, 3.8) is 0 Å². The number of carbonyl (C=O) groups is 1. The molecule has 0 aliphatic carbocycles. The van der Waals surface area contributed by atoms with Gasteiger partial charge in [-0.05, 0) is 44.5 Å². The summed E-state index contributed by atoms with van der Waals surface area (Å²) in [6, 6.07) is 4.00. The standard InChI is InChI=1S/C12H17NO5S/c1-8(2)13-19(16,17)10-4-5-11(9(3)6-10)18-7-12(14)15/h4-6,8,13H,7H2,1-3H3,(H,14,15)/p-1. The first kappa shape index (κ1) is 15.5. The van der Waals surface area contributed by atoms with Crippen molar-refractivity contribution in [2.24, 2.45) is 0 Å². The highest BCUT2D eigenvalue weighted by atomic mass is 32.2. The number of carbonyl (C=O) groups excluding carboxylic acids is 1. The van der Waals surface area contributed by atoms with E-state index >= 15 is 0 Å². The predicted octanol–water partition coefficient (Wildman–Crippen LogP) is -0.190. The maximum atomic E-state index is 11.9. The minimum atomic E-state index is -3.56. The maximum absolute atomic E-state index is 11.9. The number of hydrogen-bond donors (Lipinski definition) is 1. The van der Waals surface area contributed by atoms with Crippen LogP contribution in [0.25, 0.3) is 0 Å². The zero-order valence-electron chi connectivity index (χ0n) is 11.0. The summed E-state index contributed by atoms with van der Waals surface area (Å²) in [7, 11) is -3.56. The van der Waals surface area contributed by atoms with Crippen LogP contribution in [-0.4, -0.2) is 27.0 Å². The molecule has 0 saturated heterocycles. The van der Waals surface area contributed by atoms with E-state index in [2.05, 4.69) is 4.72 Å². The van der Waals surface area contributed by atoms with Gasteiger partial charge in [-0.1, -0.05) is 0 Å². The number of rotatable bonds is 6. The lowest BCUT2D eigenvalue weighted by molar-refractivity contribution is -0.307. The third kappa shape index (κ3) is 4.53. The Morgan fingerprint density at radius 1 is 1.42 bits per heavy atom. The summed E-state index contributed by atoms with van der Waals surface area (Å²) in [4.78, 5) is 10.4. The molecule has 0 unspecified atom stereocenters. The van der Waals surface area contributed by atoms with E-state index in [1.54, 1.807) is 20.8 Å². The van der Waals surface area contributed by atoms with Crippen LogP contribution in [-0.2, 0) is 14.8 Å². The molecule has 6 nitrogen and oxygen atoms in total. The number of carboxylic acid groups (broad SMARTS) is 1. The van der Waals surface area contributed by atoms with Crippen LogP contribution in [0.2, 0.25) is 0 Å². The topological polar surface area (TPSA) is 95.5 Å². The molecule has 106 valence electrons. The maximum Gasteiger partial charge on any atom is 0.240 e. The van der Waals surface area contributed by atoms with E-state index in [0.717, 1.165) is 0 Å². The lowest BCUT2D eigenvalue weighted by Gasteiger charge is -2.13. The Labute approximate surface area is 112 Å². The molecule has 1 aromatic carbocycles. The fourth-order valence-electron chi connectivity index (χ4n) is 1.47. The Morgan fingerprint density at radius 2 is 2.05 bits per heavy atom. The minimum absolute atomic E-state index is 0.111. The number of benzene rings is 1. The van der Waals surface area contributed by atoms with Crippen LogP contribution in [0, 0.1) is 6.92 Å². The summed E-state index contributed by atoms with van der Waals surface area (Å²) >= 11 is 0. The quantitative estimate of drug-likeness (QED) is 0.782.